The van der Waals surface area contributed by atoms with Gasteiger partial charge in [0.25, 0.3) is 0 Å². The van der Waals surface area contributed by atoms with Crippen LogP contribution in [0.1, 0.15) is 43.1 Å². The van der Waals surface area contributed by atoms with Crippen LogP contribution in [0, 0.1) is 0 Å². The van der Waals surface area contributed by atoms with E-state index in [0.29, 0.717) is 12.0 Å². The zero-order valence-electron chi connectivity index (χ0n) is 12.2. The van der Waals surface area contributed by atoms with E-state index in [9.17, 15) is 9.59 Å². The van der Waals surface area contributed by atoms with Gasteiger partial charge in [-0.25, -0.2) is 4.79 Å². The normalized spacial score (nSPS) is 11.1. The van der Waals surface area contributed by atoms with Gasteiger partial charge in [-0.2, -0.15) is 0 Å². The van der Waals surface area contributed by atoms with Crippen molar-refractivity contribution in [3.63, 3.8) is 0 Å². The lowest BCUT2D eigenvalue weighted by atomic mass is 10.0. The summed E-state index contributed by atoms with van der Waals surface area (Å²) in [6.07, 6.45) is 0.630. The van der Waals surface area contributed by atoms with Crippen molar-refractivity contribution in [3.05, 3.63) is 33.8 Å². The number of hydrogen-bond donors (Lipinski definition) is 0. The lowest BCUT2D eigenvalue weighted by Crippen LogP contribution is -2.24. The summed E-state index contributed by atoms with van der Waals surface area (Å²) < 4.78 is 10.8. The lowest BCUT2D eigenvalue weighted by Gasteiger charge is -2.19. The molecule has 0 radical (unpaired) electrons. The first-order valence-corrected chi connectivity index (χ1v) is 7.11. The average molecular weight is 343 g/mol. The van der Waals surface area contributed by atoms with Crippen LogP contribution in [0.2, 0.25) is 0 Å². The second kappa shape index (κ2) is 6.88. The summed E-state index contributed by atoms with van der Waals surface area (Å²) in [4.78, 5) is 23.4. The van der Waals surface area contributed by atoms with Crippen LogP contribution < -0.4 is 0 Å². The summed E-state index contributed by atoms with van der Waals surface area (Å²) in [5, 5.41) is 0. The number of ether oxygens (including phenoxy) is 2. The van der Waals surface area contributed by atoms with Crippen molar-refractivity contribution >= 4 is 27.9 Å². The maximum absolute atomic E-state index is 11.7. The zero-order valence-corrected chi connectivity index (χ0v) is 13.7. The van der Waals surface area contributed by atoms with Gasteiger partial charge in [0.15, 0.2) is 0 Å². The lowest BCUT2D eigenvalue weighted by molar-refractivity contribution is -0.154. The van der Waals surface area contributed by atoms with Crippen LogP contribution in [-0.4, -0.2) is 24.6 Å². The Bertz CT molecular complexity index is 503. The van der Waals surface area contributed by atoms with E-state index in [1.807, 2.05) is 26.8 Å². The second-order valence-corrected chi connectivity index (χ2v) is 6.20. The Labute approximate surface area is 127 Å². The van der Waals surface area contributed by atoms with E-state index in [2.05, 4.69) is 15.9 Å². The number of benzene rings is 1. The fourth-order valence-corrected chi connectivity index (χ4v) is 2.30. The summed E-state index contributed by atoms with van der Waals surface area (Å²) in [5.74, 6) is -0.699. The summed E-state index contributed by atoms with van der Waals surface area (Å²) in [6, 6.07) is 5.27. The minimum Gasteiger partial charge on any atom is -0.465 e. The molecule has 1 aromatic carbocycles. The van der Waals surface area contributed by atoms with E-state index in [4.69, 9.17) is 9.47 Å². The standard InChI is InChI=1S/C15H19BrO4/c1-15(2,3)20-13(17)9-8-10-11(14(18)19-4)6-5-7-12(10)16/h5-7H,8-9H2,1-4H3. The van der Waals surface area contributed by atoms with Crippen LogP contribution in [-0.2, 0) is 20.7 Å². The predicted molar refractivity (Wildman–Crippen MR) is 79.6 cm³/mol. The molecule has 4 nitrogen and oxygen atoms in total. The molecule has 0 saturated carbocycles. The highest BCUT2D eigenvalue weighted by atomic mass is 79.9. The van der Waals surface area contributed by atoms with Gasteiger partial charge in [-0.05, 0) is 44.9 Å². The van der Waals surface area contributed by atoms with E-state index in [1.54, 1.807) is 12.1 Å². The first-order chi connectivity index (χ1) is 9.24. The van der Waals surface area contributed by atoms with Gasteiger partial charge in [-0.1, -0.05) is 22.0 Å². The predicted octanol–water partition coefficient (Wildman–Crippen LogP) is 3.51. The summed E-state index contributed by atoms with van der Waals surface area (Å²) >= 11 is 3.40. The number of rotatable bonds is 4. The topological polar surface area (TPSA) is 52.6 Å². The molecule has 0 atom stereocenters. The Morgan fingerprint density at radius 1 is 1.25 bits per heavy atom. The number of carbonyl (C=O) groups excluding carboxylic acids is 2. The minimum atomic E-state index is -0.504. The molecule has 0 N–H and O–H groups in total. The van der Waals surface area contributed by atoms with Gasteiger partial charge in [-0.3, -0.25) is 4.79 Å². The average Bonchev–Trinajstić information content (AvgIpc) is 2.34. The SMILES string of the molecule is COC(=O)c1cccc(Br)c1CCC(=O)OC(C)(C)C. The molecular formula is C15H19BrO4. The Kier molecular flexibility index (Phi) is 5.74. The molecule has 20 heavy (non-hydrogen) atoms. The largest absolute Gasteiger partial charge is 0.465 e. The highest BCUT2D eigenvalue weighted by Gasteiger charge is 2.19. The molecule has 5 heteroatoms. The van der Waals surface area contributed by atoms with E-state index in [1.165, 1.54) is 7.11 Å². The third-order valence-corrected chi connectivity index (χ3v) is 3.27. The van der Waals surface area contributed by atoms with Crippen molar-refractivity contribution in [3.8, 4) is 0 Å². The first-order valence-electron chi connectivity index (χ1n) is 6.32. The van der Waals surface area contributed by atoms with Crippen LogP contribution in [0.3, 0.4) is 0 Å². The number of esters is 2. The Morgan fingerprint density at radius 2 is 1.90 bits per heavy atom. The smallest absolute Gasteiger partial charge is 0.338 e. The monoisotopic (exact) mass is 342 g/mol. The molecule has 0 unspecified atom stereocenters. The van der Waals surface area contributed by atoms with Crippen molar-refractivity contribution in [1.29, 1.82) is 0 Å². The molecule has 0 bridgehead atoms. The number of hydrogen-bond acceptors (Lipinski definition) is 4. The molecule has 0 aliphatic rings. The van der Waals surface area contributed by atoms with Crippen molar-refractivity contribution in [2.24, 2.45) is 0 Å². The summed E-state index contributed by atoms with van der Waals surface area (Å²) in [6.45, 7) is 5.47. The van der Waals surface area contributed by atoms with Crippen LogP contribution in [0.4, 0.5) is 0 Å². The zero-order chi connectivity index (χ0) is 15.3. The fraction of sp³-hybridized carbons (Fsp3) is 0.467. The van der Waals surface area contributed by atoms with Gasteiger partial charge in [0.2, 0.25) is 0 Å². The van der Waals surface area contributed by atoms with Gasteiger partial charge in [0.05, 0.1) is 12.7 Å². The molecule has 0 heterocycles. The van der Waals surface area contributed by atoms with Crippen molar-refractivity contribution in [2.75, 3.05) is 7.11 Å². The number of carbonyl (C=O) groups is 2. The van der Waals surface area contributed by atoms with Gasteiger partial charge >= 0.3 is 11.9 Å². The number of methoxy groups -OCH3 is 1. The van der Waals surface area contributed by atoms with Gasteiger partial charge < -0.3 is 9.47 Å². The maximum atomic E-state index is 11.7. The highest BCUT2D eigenvalue weighted by Crippen LogP contribution is 2.23. The maximum Gasteiger partial charge on any atom is 0.338 e. The van der Waals surface area contributed by atoms with E-state index in [-0.39, 0.29) is 12.4 Å². The van der Waals surface area contributed by atoms with Crippen LogP contribution in [0.15, 0.2) is 22.7 Å². The third-order valence-electron chi connectivity index (χ3n) is 2.52. The van der Waals surface area contributed by atoms with Crippen molar-refractivity contribution in [1.82, 2.24) is 0 Å². The summed E-state index contributed by atoms with van der Waals surface area (Å²) in [5.41, 5.74) is 0.714. The van der Waals surface area contributed by atoms with E-state index >= 15 is 0 Å². The molecule has 1 rings (SSSR count). The third kappa shape index (κ3) is 4.96. The Morgan fingerprint density at radius 3 is 2.45 bits per heavy atom. The second-order valence-electron chi connectivity index (χ2n) is 5.34. The Hall–Kier alpha value is -1.36. The van der Waals surface area contributed by atoms with E-state index < -0.39 is 11.6 Å². The first kappa shape index (κ1) is 16.7. The molecule has 0 spiro atoms. The van der Waals surface area contributed by atoms with Crippen molar-refractivity contribution < 1.29 is 19.1 Å². The number of halogens is 1. The van der Waals surface area contributed by atoms with Crippen molar-refractivity contribution in [2.45, 2.75) is 39.2 Å². The molecule has 0 fully saturated rings. The molecule has 0 saturated heterocycles. The minimum absolute atomic E-state index is 0.212. The van der Waals surface area contributed by atoms with Crippen LogP contribution in [0.25, 0.3) is 0 Å². The molecule has 0 aromatic heterocycles. The van der Waals surface area contributed by atoms with Crippen LogP contribution in [0.5, 0.6) is 0 Å². The quantitative estimate of drug-likeness (QED) is 0.785. The fourth-order valence-electron chi connectivity index (χ4n) is 1.73. The Balaban J connectivity index is 2.82. The molecule has 110 valence electrons. The molecule has 0 aliphatic carbocycles. The molecule has 0 amide bonds. The highest BCUT2D eigenvalue weighted by molar-refractivity contribution is 9.10. The summed E-state index contributed by atoms with van der Waals surface area (Å²) in [7, 11) is 1.33. The molecular weight excluding hydrogens is 324 g/mol. The van der Waals surface area contributed by atoms with Crippen LogP contribution >= 0.6 is 15.9 Å². The van der Waals surface area contributed by atoms with E-state index in [0.717, 1.165) is 10.0 Å². The molecule has 0 aliphatic heterocycles. The van der Waals surface area contributed by atoms with Gasteiger partial charge in [0.1, 0.15) is 5.60 Å². The van der Waals surface area contributed by atoms with Gasteiger partial charge in [-0.15, -0.1) is 0 Å². The molecule has 1 aromatic rings. The van der Waals surface area contributed by atoms with Gasteiger partial charge in [0, 0.05) is 10.9 Å².